The quantitative estimate of drug-likeness (QED) is 0.153. The Kier molecular flexibility index (Phi) is 7.39. The minimum Gasteiger partial charge on any atom is -0.508 e. The van der Waals surface area contributed by atoms with Crippen molar-refractivity contribution >= 4 is 23.4 Å². The van der Waals surface area contributed by atoms with Crippen LogP contribution in [0.5, 0.6) is 5.75 Å². The first kappa shape index (κ1) is 23.3. The highest BCUT2D eigenvalue weighted by atomic mass is 32.2. The normalized spacial score (nSPS) is 11.4. The molecule has 3 N–H and O–H groups in total. The van der Waals surface area contributed by atoms with E-state index in [0.717, 1.165) is 28.4 Å². The third-order valence-electron chi connectivity index (χ3n) is 5.20. The van der Waals surface area contributed by atoms with E-state index in [4.69, 9.17) is 0 Å². The van der Waals surface area contributed by atoms with Crippen LogP contribution >= 0.6 is 11.8 Å². The Morgan fingerprint density at radius 2 is 1.76 bits per heavy atom. The lowest BCUT2D eigenvalue weighted by atomic mass is 10.1. The molecular formula is C26H26N5O2S+. The molecule has 34 heavy (non-hydrogen) atoms. The number of hydrogen-bond donors (Lipinski definition) is 3. The molecule has 0 aliphatic carbocycles. The summed E-state index contributed by atoms with van der Waals surface area (Å²) in [5.41, 5.74) is 7.35. The highest BCUT2D eigenvalue weighted by molar-refractivity contribution is 7.99. The van der Waals surface area contributed by atoms with Crippen molar-refractivity contribution in [2.24, 2.45) is 5.10 Å². The first-order valence-corrected chi connectivity index (χ1v) is 11.9. The Bertz CT molecular complexity index is 1280. The Morgan fingerprint density at radius 3 is 2.44 bits per heavy atom. The summed E-state index contributed by atoms with van der Waals surface area (Å²) in [5, 5.41) is 22.1. The Hall–Kier alpha value is -3.91. The fraction of sp³-hybridized carbons (Fsp3) is 0.154. The van der Waals surface area contributed by atoms with E-state index in [1.165, 1.54) is 17.3 Å². The van der Waals surface area contributed by atoms with Crippen LogP contribution in [0.15, 0.2) is 89.1 Å². The Morgan fingerprint density at radius 1 is 1.06 bits per heavy atom. The van der Waals surface area contributed by atoms with Crippen LogP contribution in [0.25, 0.3) is 17.1 Å². The SMILES string of the molecule is CCC(=NNC(=O)CSc1n[nH]c(-c2ccccc2)[n+]1-c1ccc(C)cc1)c1ccc(O)cc1. The summed E-state index contributed by atoms with van der Waals surface area (Å²) in [6, 6.07) is 24.9. The van der Waals surface area contributed by atoms with Crippen LogP contribution in [0.1, 0.15) is 24.5 Å². The molecule has 0 radical (unpaired) electrons. The standard InChI is InChI=1S/C26H25N5O2S/c1-3-23(19-11-15-22(32)16-12-19)27-28-24(33)17-34-26-30-29-25(20-7-5-4-6-8-20)31(26)21-13-9-18(2)10-14-21/h4-16H,3,17H2,1-2H3,(H2,27,28,32,33)/p+1. The second kappa shape index (κ2) is 10.8. The topological polar surface area (TPSA) is 94.2 Å². The molecule has 1 amide bonds. The maximum absolute atomic E-state index is 12.6. The summed E-state index contributed by atoms with van der Waals surface area (Å²) in [6.45, 7) is 4.01. The van der Waals surface area contributed by atoms with Crippen LogP contribution in [-0.4, -0.2) is 32.7 Å². The smallest absolute Gasteiger partial charge is 0.342 e. The number of aryl methyl sites for hydroxylation is 1. The minimum absolute atomic E-state index is 0.154. The summed E-state index contributed by atoms with van der Waals surface area (Å²) in [7, 11) is 0. The van der Waals surface area contributed by atoms with Crippen molar-refractivity contribution in [2.75, 3.05) is 5.75 Å². The zero-order chi connectivity index (χ0) is 23.9. The summed E-state index contributed by atoms with van der Waals surface area (Å²) in [5.74, 6) is 0.955. The molecule has 0 saturated carbocycles. The number of phenolic OH excluding ortho intramolecular Hbond substituents is 1. The van der Waals surface area contributed by atoms with Crippen molar-refractivity contribution in [1.82, 2.24) is 15.6 Å². The van der Waals surface area contributed by atoms with E-state index >= 15 is 0 Å². The first-order chi connectivity index (χ1) is 16.5. The molecule has 4 aromatic rings. The number of thioether (sulfide) groups is 1. The molecule has 3 aromatic carbocycles. The average molecular weight is 473 g/mol. The number of rotatable bonds is 8. The third kappa shape index (κ3) is 5.52. The zero-order valence-electron chi connectivity index (χ0n) is 19.0. The van der Waals surface area contributed by atoms with Gasteiger partial charge in [0.15, 0.2) is 0 Å². The van der Waals surface area contributed by atoms with Crippen LogP contribution in [0.2, 0.25) is 0 Å². The molecule has 1 aromatic heterocycles. The van der Waals surface area contributed by atoms with Gasteiger partial charge in [0.05, 0.1) is 22.1 Å². The number of nitrogens with zero attached hydrogens (tertiary/aromatic N) is 3. The van der Waals surface area contributed by atoms with Gasteiger partial charge in [-0.05, 0) is 79.2 Å². The van der Waals surface area contributed by atoms with Crippen LogP contribution in [0.3, 0.4) is 0 Å². The largest absolute Gasteiger partial charge is 0.508 e. The van der Waals surface area contributed by atoms with Gasteiger partial charge in [0.1, 0.15) is 11.4 Å². The number of hydrogen-bond acceptors (Lipinski definition) is 5. The lowest BCUT2D eigenvalue weighted by molar-refractivity contribution is -0.625. The number of carbonyl (C=O) groups excluding carboxylic acids is 1. The zero-order valence-corrected chi connectivity index (χ0v) is 19.8. The molecule has 0 bridgehead atoms. The van der Waals surface area contributed by atoms with Gasteiger partial charge in [-0.1, -0.05) is 42.8 Å². The van der Waals surface area contributed by atoms with Crippen LogP contribution in [0, 0.1) is 6.92 Å². The predicted octanol–water partition coefficient (Wildman–Crippen LogP) is 4.39. The van der Waals surface area contributed by atoms with Crippen LogP contribution < -0.4 is 9.99 Å². The van der Waals surface area contributed by atoms with Crippen molar-refractivity contribution in [1.29, 1.82) is 0 Å². The Labute approximate surface area is 202 Å². The third-order valence-corrected chi connectivity index (χ3v) is 6.13. The molecule has 0 spiro atoms. The van der Waals surface area contributed by atoms with Gasteiger partial charge >= 0.3 is 5.16 Å². The summed E-state index contributed by atoms with van der Waals surface area (Å²) < 4.78 is 2.02. The van der Waals surface area contributed by atoms with Crippen LogP contribution in [0.4, 0.5) is 0 Å². The van der Waals surface area contributed by atoms with Gasteiger partial charge in [-0.2, -0.15) is 9.67 Å². The molecule has 7 nitrogen and oxygen atoms in total. The maximum Gasteiger partial charge on any atom is 0.342 e. The number of carbonyl (C=O) groups is 1. The number of aromatic hydroxyl groups is 1. The minimum atomic E-state index is -0.227. The summed E-state index contributed by atoms with van der Waals surface area (Å²) >= 11 is 1.33. The maximum atomic E-state index is 12.6. The number of phenols is 1. The fourth-order valence-corrected chi connectivity index (χ4v) is 4.17. The summed E-state index contributed by atoms with van der Waals surface area (Å²) in [6.07, 6.45) is 0.644. The molecule has 0 unspecified atom stereocenters. The summed E-state index contributed by atoms with van der Waals surface area (Å²) in [4.78, 5) is 12.6. The van der Waals surface area contributed by atoms with E-state index in [2.05, 4.69) is 32.9 Å². The van der Waals surface area contributed by atoms with E-state index in [1.54, 1.807) is 24.3 Å². The van der Waals surface area contributed by atoms with Gasteiger partial charge in [0.25, 0.3) is 11.7 Å². The second-order valence-corrected chi connectivity index (χ2v) is 8.62. The van der Waals surface area contributed by atoms with E-state index in [9.17, 15) is 9.90 Å². The number of H-pyrrole nitrogens is 1. The average Bonchev–Trinajstić information content (AvgIpc) is 3.29. The molecule has 0 aliphatic rings. The van der Waals surface area contributed by atoms with Gasteiger partial charge in [-0.15, -0.1) is 5.10 Å². The Balaban J connectivity index is 1.52. The van der Waals surface area contributed by atoms with E-state index < -0.39 is 0 Å². The number of nitrogens with one attached hydrogen (secondary N) is 2. The molecule has 0 fully saturated rings. The molecule has 1 heterocycles. The highest BCUT2D eigenvalue weighted by Gasteiger charge is 2.24. The number of amides is 1. The molecule has 4 rings (SSSR count). The van der Waals surface area contributed by atoms with Crippen LogP contribution in [-0.2, 0) is 4.79 Å². The van der Waals surface area contributed by atoms with Crippen molar-refractivity contribution < 1.29 is 14.5 Å². The molecule has 172 valence electrons. The molecule has 0 saturated heterocycles. The van der Waals surface area contributed by atoms with Crippen molar-refractivity contribution in [3.63, 3.8) is 0 Å². The van der Waals surface area contributed by atoms with Gasteiger partial charge in [0.2, 0.25) is 0 Å². The monoisotopic (exact) mass is 472 g/mol. The molecule has 8 heteroatoms. The van der Waals surface area contributed by atoms with E-state index in [1.807, 2.05) is 60.9 Å². The number of aromatic amines is 1. The lowest BCUT2D eigenvalue weighted by Crippen LogP contribution is -2.34. The van der Waals surface area contributed by atoms with Gasteiger partial charge < -0.3 is 5.11 Å². The van der Waals surface area contributed by atoms with Gasteiger partial charge in [0, 0.05) is 0 Å². The van der Waals surface area contributed by atoms with Crippen molar-refractivity contribution in [2.45, 2.75) is 25.4 Å². The van der Waals surface area contributed by atoms with Gasteiger partial charge in [-0.25, -0.2) is 5.43 Å². The predicted molar refractivity (Wildman–Crippen MR) is 134 cm³/mol. The van der Waals surface area contributed by atoms with Gasteiger partial charge in [-0.3, -0.25) is 4.79 Å². The number of hydrazone groups is 1. The van der Waals surface area contributed by atoms with E-state index in [-0.39, 0.29) is 17.4 Å². The molecule has 0 atom stereocenters. The highest BCUT2D eigenvalue weighted by Crippen LogP contribution is 2.20. The lowest BCUT2D eigenvalue weighted by Gasteiger charge is -2.06. The number of aromatic nitrogens is 3. The fourth-order valence-electron chi connectivity index (χ4n) is 3.41. The molecular weight excluding hydrogens is 446 g/mol. The van der Waals surface area contributed by atoms with Crippen molar-refractivity contribution in [3.05, 3.63) is 90.0 Å². The van der Waals surface area contributed by atoms with E-state index in [0.29, 0.717) is 11.6 Å². The van der Waals surface area contributed by atoms with Crippen molar-refractivity contribution in [3.8, 4) is 22.8 Å². The number of benzene rings is 3. The molecule has 0 aliphatic heterocycles. The first-order valence-electron chi connectivity index (χ1n) is 11.0. The second-order valence-electron chi connectivity index (χ2n) is 7.67.